The zero-order valence-corrected chi connectivity index (χ0v) is 17.1. The molecule has 0 saturated carbocycles. The molecule has 2 aromatic carbocycles. The summed E-state index contributed by atoms with van der Waals surface area (Å²) < 4.78 is 61.1. The van der Waals surface area contributed by atoms with Crippen molar-refractivity contribution in [2.24, 2.45) is 0 Å². The number of nitrogens with zero attached hydrogens (tertiary/aromatic N) is 1. The van der Waals surface area contributed by atoms with Gasteiger partial charge in [-0.3, -0.25) is 4.79 Å². The lowest BCUT2D eigenvalue weighted by Crippen LogP contribution is -2.44. The third-order valence-corrected chi connectivity index (χ3v) is 7.67. The van der Waals surface area contributed by atoms with Gasteiger partial charge in [-0.05, 0) is 37.5 Å². The molecule has 1 fully saturated rings. The zero-order valence-electron chi connectivity index (χ0n) is 16.3. The first kappa shape index (κ1) is 21.4. The molecule has 2 aromatic rings. The Labute approximate surface area is 169 Å². The van der Waals surface area contributed by atoms with Gasteiger partial charge in [-0.15, -0.1) is 0 Å². The van der Waals surface area contributed by atoms with Crippen molar-refractivity contribution in [3.8, 4) is 0 Å². The van der Waals surface area contributed by atoms with Crippen LogP contribution in [-0.4, -0.2) is 31.8 Å². The smallest absolute Gasteiger partial charge is 0.310 e. The summed E-state index contributed by atoms with van der Waals surface area (Å²) in [5.41, 5.74) is 0.486. The van der Waals surface area contributed by atoms with Crippen LogP contribution >= 0.6 is 0 Å². The largest absolute Gasteiger partial charge is 0.469 e. The van der Waals surface area contributed by atoms with E-state index in [1.54, 1.807) is 31.2 Å². The molecule has 1 aliphatic heterocycles. The van der Waals surface area contributed by atoms with Crippen molar-refractivity contribution >= 4 is 16.0 Å². The molecule has 0 aliphatic carbocycles. The van der Waals surface area contributed by atoms with Gasteiger partial charge in [0.1, 0.15) is 16.9 Å². The van der Waals surface area contributed by atoms with Gasteiger partial charge in [0.15, 0.2) is 0 Å². The Hall–Kier alpha value is -2.32. The van der Waals surface area contributed by atoms with Crippen LogP contribution in [0.2, 0.25) is 0 Å². The highest BCUT2D eigenvalue weighted by atomic mass is 32.2. The first-order chi connectivity index (χ1) is 13.7. The van der Waals surface area contributed by atoms with Crippen LogP contribution in [0.25, 0.3) is 0 Å². The molecule has 2 unspecified atom stereocenters. The SMILES string of the molecule is COC(=O)Cc1cc(F)c(CN2C(C)CCC(c3ccccc3)S2(=O)=O)cc1F. The minimum absolute atomic E-state index is 0.0692. The molecule has 8 heteroatoms. The molecule has 0 spiro atoms. The summed E-state index contributed by atoms with van der Waals surface area (Å²) in [4.78, 5) is 11.3. The lowest BCUT2D eigenvalue weighted by Gasteiger charge is -2.37. The number of hydrogen-bond donors (Lipinski definition) is 0. The Morgan fingerprint density at radius 1 is 1.10 bits per heavy atom. The second kappa shape index (κ2) is 8.59. The normalized spacial score (nSPS) is 21.7. The number of hydrogen-bond acceptors (Lipinski definition) is 4. The molecule has 0 N–H and O–H groups in total. The van der Waals surface area contributed by atoms with E-state index in [1.807, 2.05) is 6.07 Å². The Morgan fingerprint density at radius 3 is 2.38 bits per heavy atom. The summed E-state index contributed by atoms with van der Waals surface area (Å²) in [5.74, 6) is -2.21. The molecule has 1 heterocycles. The van der Waals surface area contributed by atoms with Crippen LogP contribution < -0.4 is 0 Å². The van der Waals surface area contributed by atoms with Crippen molar-refractivity contribution in [3.63, 3.8) is 0 Å². The molecule has 1 saturated heterocycles. The molecular formula is C21H23F2NO4S. The first-order valence-electron chi connectivity index (χ1n) is 9.33. The van der Waals surface area contributed by atoms with Gasteiger partial charge < -0.3 is 4.74 Å². The van der Waals surface area contributed by atoms with E-state index in [2.05, 4.69) is 4.74 Å². The van der Waals surface area contributed by atoms with E-state index >= 15 is 0 Å². The maximum absolute atomic E-state index is 14.6. The van der Waals surface area contributed by atoms with E-state index in [-0.39, 0.29) is 23.7 Å². The number of ether oxygens (including phenoxy) is 1. The lowest BCUT2D eigenvalue weighted by molar-refractivity contribution is -0.139. The van der Waals surface area contributed by atoms with Crippen LogP contribution in [0.3, 0.4) is 0 Å². The van der Waals surface area contributed by atoms with Crippen LogP contribution in [0.4, 0.5) is 8.78 Å². The fourth-order valence-electron chi connectivity index (χ4n) is 3.63. The van der Waals surface area contributed by atoms with Gasteiger partial charge in [-0.2, -0.15) is 4.31 Å². The summed E-state index contributed by atoms with van der Waals surface area (Å²) in [5, 5.41) is -0.716. The van der Waals surface area contributed by atoms with Gasteiger partial charge in [0.2, 0.25) is 10.0 Å². The maximum Gasteiger partial charge on any atom is 0.310 e. The molecular weight excluding hydrogens is 400 g/mol. The highest BCUT2D eigenvalue weighted by molar-refractivity contribution is 7.89. The third-order valence-electron chi connectivity index (χ3n) is 5.30. The average molecular weight is 423 g/mol. The Bertz CT molecular complexity index is 995. The number of methoxy groups -OCH3 is 1. The molecule has 1 aliphatic rings. The molecule has 5 nitrogen and oxygen atoms in total. The lowest BCUT2D eigenvalue weighted by atomic mass is 10.0. The minimum atomic E-state index is -3.76. The highest BCUT2D eigenvalue weighted by Gasteiger charge is 2.40. The highest BCUT2D eigenvalue weighted by Crippen LogP contribution is 2.38. The van der Waals surface area contributed by atoms with Crippen LogP contribution in [0.5, 0.6) is 0 Å². The average Bonchev–Trinajstić information content (AvgIpc) is 2.68. The predicted molar refractivity (Wildman–Crippen MR) is 104 cm³/mol. The quantitative estimate of drug-likeness (QED) is 0.688. The van der Waals surface area contributed by atoms with E-state index in [0.29, 0.717) is 18.4 Å². The van der Waals surface area contributed by atoms with Crippen LogP contribution in [0, 0.1) is 11.6 Å². The van der Waals surface area contributed by atoms with Crippen molar-refractivity contribution in [2.45, 2.75) is 44.0 Å². The number of benzene rings is 2. The van der Waals surface area contributed by atoms with Gasteiger partial charge in [-0.1, -0.05) is 30.3 Å². The predicted octanol–water partition coefficient (Wildman–Crippen LogP) is 3.74. The second-order valence-corrected chi connectivity index (χ2v) is 9.27. The summed E-state index contributed by atoms with van der Waals surface area (Å²) >= 11 is 0. The number of sulfonamides is 1. The molecule has 156 valence electrons. The summed E-state index contributed by atoms with van der Waals surface area (Å²) in [7, 11) is -2.59. The Kier molecular flexibility index (Phi) is 6.33. The van der Waals surface area contributed by atoms with Gasteiger partial charge in [-0.25, -0.2) is 17.2 Å². The van der Waals surface area contributed by atoms with Crippen LogP contribution in [0.1, 0.15) is 41.7 Å². The first-order valence-corrected chi connectivity index (χ1v) is 10.8. The van der Waals surface area contributed by atoms with Crippen LogP contribution in [-0.2, 0) is 32.5 Å². The van der Waals surface area contributed by atoms with Gasteiger partial charge in [0.05, 0.1) is 13.5 Å². The van der Waals surface area contributed by atoms with Crippen molar-refractivity contribution in [2.75, 3.05) is 7.11 Å². The van der Waals surface area contributed by atoms with Crippen molar-refractivity contribution in [1.82, 2.24) is 4.31 Å². The van der Waals surface area contributed by atoms with Gasteiger partial charge in [0.25, 0.3) is 0 Å². The Balaban J connectivity index is 1.90. The standard InChI is InChI=1S/C21H23F2NO4S/c1-14-8-9-20(15-6-4-3-5-7-15)29(26,27)24(14)13-17-11-18(22)16(10-19(17)23)12-21(25)28-2/h3-7,10-11,14,20H,8-9,12-13H2,1-2H3. The summed E-state index contributed by atoms with van der Waals surface area (Å²) in [6.45, 7) is 1.49. The zero-order chi connectivity index (χ0) is 21.2. The number of esters is 1. The van der Waals surface area contributed by atoms with E-state index in [9.17, 15) is 22.0 Å². The summed E-state index contributed by atoms with van der Waals surface area (Å²) in [6, 6.07) is 10.4. The van der Waals surface area contributed by atoms with E-state index < -0.39 is 39.3 Å². The number of carbonyl (C=O) groups is 1. The molecule has 0 bridgehead atoms. The monoisotopic (exact) mass is 423 g/mol. The molecule has 2 atom stereocenters. The molecule has 3 rings (SSSR count). The molecule has 0 radical (unpaired) electrons. The number of halogens is 2. The molecule has 29 heavy (non-hydrogen) atoms. The van der Waals surface area contributed by atoms with Crippen LogP contribution in [0.15, 0.2) is 42.5 Å². The fourth-order valence-corrected chi connectivity index (χ4v) is 5.82. The van der Waals surface area contributed by atoms with Crippen molar-refractivity contribution < 1.29 is 26.7 Å². The summed E-state index contributed by atoms with van der Waals surface area (Å²) in [6.07, 6.45) is 0.691. The number of rotatable bonds is 5. The van der Waals surface area contributed by atoms with E-state index in [0.717, 1.165) is 19.2 Å². The maximum atomic E-state index is 14.6. The van der Waals surface area contributed by atoms with Gasteiger partial charge >= 0.3 is 5.97 Å². The van der Waals surface area contributed by atoms with E-state index in [4.69, 9.17) is 0 Å². The second-order valence-electron chi connectivity index (χ2n) is 7.20. The number of carbonyl (C=O) groups excluding carboxylic acids is 1. The van der Waals surface area contributed by atoms with Crippen molar-refractivity contribution in [3.05, 3.63) is 70.8 Å². The Morgan fingerprint density at radius 2 is 1.72 bits per heavy atom. The van der Waals surface area contributed by atoms with E-state index in [1.165, 1.54) is 4.31 Å². The van der Waals surface area contributed by atoms with Gasteiger partial charge in [0, 0.05) is 23.7 Å². The topological polar surface area (TPSA) is 63.7 Å². The minimum Gasteiger partial charge on any atom is -0.469 e. The van der Waals surface area contributed by atoms with Crippen molar-refractivity contribution in [1.29, 1.82) is 0 Å². The molecule has 0 aromatic heterocycles. The fraction of sp³-hybridized carbons (Fsp3) is 0.381. The third kappa shape index (κ3) is 4.48. The molecule has 0 amide bonds.